The second-order valence-electron chi connectivity index (χ2n) is 4.49. The lowest BCUT2D eigenvalue weighted by Crippen LogP contribution is -2.43. The molecule has 1 saturated carbocycles. The molecule has 1 N–H and O–H groups in total. The number of carbonyl (C=O) groups is 1. The number of amides is 1. The van der Waals surface area contributed by atoms with Gasteiger partial charge < -0.3 is 5.32 Å². The molecule has 1 amide bonds. The summed E-state index contributed by atoms with van der Waals surface area (Å²) in [4.78, 5) is 13.1. The monoisotopic (exact) mass is 253 g/mol. The number of fused-ring (bicyclic) bond motifs is 1. The molecular weight excluding hydrogens is 242 g/mol. The maximum Gasteiger partial charge on any atom is 0.231 e. The highest BCUT2D eigenvalue weighted by molar-refractivity contribution is 7.99. The van der Waals surface area contributed by atoms with Crippen molar-refractivity contribution >= 4 is 35.0 Å². The van der Waals surface area contributed by atoms with E-state index in [2.05, 4.69) is 5.32 Å². The molecule has 0 atom stereocenters. The maximum absolute atomic E-state index is 12.1. The fraction of sp³-hybridized carbons (Fsp3) is 0.417. The minimum Gasteiger partial charge on any atom is -0.325 e. The zero-order valence-corrected chi connectivity index (χ0v) is 10.3. The van der Waals surface area contributed by atoms with Crippen LogP contribution in [0.4, 0.5) is 5.69 Å². The molecule has 1 fully saturated rings. The summed E-state index contributed by atoms with van der Waals surface area (Å²) in [7, 11) is 0. The number of rotatable bonds is 0. The molecule has 2 nitrogen and oxygen atoms in total. The van der Waals surface area contributed by atoms with E-state index in [-0.39, 0.29) is 11.3 Å². The highest BCUT2D eigenvalue weighted by atomic mass is 35.5. The van der Waals surface area contributed by atoms with Crippen LogP contribution in [0.15, 0.2) is 23.1 Å². The van der Waals surface area contributed by atoms with E-state index in [0.717, 1.165) is 40.6 Å². The van der Waals surface area contributed by atoms with Crippen molar-refractivity contribution in [3.63, 3.8) is 0 Å². The Kier molecular flexibility index (Phi) is 2.41. The Morgan fingerprint density at radius 3 is 2.88 bits per heavy atom. The van der Waals surface area contributed by atoms with Crippen LogP contribution in [0.2, 0.25) is 5.02 Å². The molecule has 1 aromatic carbocycles. The molecule has 1 heterocycles. The standard InChI is InChI=1S/C12H12ClNOS/c13-8-3-1-4-9-10(8)16-7-12(5-2-6-12)11(15)14-9/h1,3-4H,2,5-7H2,(H,14,15). The van der Waals surface area contributed by atoms with Crippen LogP contribution in [0.3, 0.4) is 0 Å². The molecule has 0 aromatic heterocycles. The van der Waals surface area contributed by atoms with Crippen molar-refractivity contribution in [2.45, 2.75) is 24.2 Å². The van der Waals surface area contributed by atoms with Crippen molar-refractivity contribution in [2.24, 2.45) is 5.41 Å². The van der Waals surface area contributed by atoms with Crippen molar-refractivity contribution in [3.05, 3.63) is 23.2 Å². The number of hydrogen-bond acceptors (Lipinski definition) is 2. The largest absolute Gasteiger partial charge is 0.325 e. The van der Waals surface area contributed by atoms with Crippen LogP contribution < -0.4 is 5.32 Å². The number of thioether (sulfide) groups is 1. The lowest BCUT2D eigenvalue weighted by Gasteiger charge is -2.38. The van der Waals surface area contributed by atoms with Gasteiger partial charge in [0.05, 0.1) is 16.1 Å². The van der Waals surface area contributed by atoms with Gasteiger partial charge in [-0.25, -0.2) is 0 Å². The average Bonchev–Trinajstić information content (AvgIpc) is 2.34. The van der Waals surface area contributed by atoms with Crippen molar-refractivity contribution in [3.8, 4) is 0 Å². The van der Waals surface area contributed by atoms with E-state index in [1.54, 1.807) is 11.8 Å². The summed E-state index contributed by atoms with van der Waals surface area (Å²) in [6.45, 7) is 0. The lowest BCUT2D eigenvalue weighted by molar-refractivity contribution is -0.128. The van der Waals surface area contributed by atoms with Crippen molar-refractivity contribution in [2.75, 3.05) is 11.1 Å². The number of carbonyl (C=O) groups excluding carboxylic acids is 1. The molecule has 1 spiro atoms. The summed E-state index contributed by atoms with van der Waals surface area (Å²) >= 11 is 7.85. The van der Waals surface area contributed by atoms with Gasteiger partial charge in [0.1, 0.15) is 0 Å². The van der Waals surface area contributed by atoms with Gasteiger partial charge in [-0.05, 0) is 25.0 Å². The lowest BCUT2D eigenvalue weighted by atomic mass is 9.69. The van der Waals surface area contributed by atoms with Crippen molar-refractivity contribution in [1.29, 1.82) is 0 Å². The molecule has 0 bridgehead atoms. The number of nitrogens with one attached hydrogen (secondary N) is 1. The Hall–Kier alpha value is -0.670. The molecule has 1 aliphatic heterocycles. The molecule has 1 aliphatic carbocycles. The number of halogens is 1. The van der Waals surface area contributed by atoms with Crippen LogP contribution >= 0.6 is 23.4 Å². The quantitative estimate of drug-likeness (QED) is 0.766. The summed E-state index contributed by atoms with van der Waals surface area (Å²) in [5.74, 6) is 1.03. The van der Waals surface area contributed by atoms with E-state index in [1.165, 1.54) is 0 Å². The Bertz CT molecular complexity index is 456. The van der Waals surface area contributed by atoms with E-state index >= 15 is 0 Å². The molecule has 0 unspecified atom stereocenters. The van der Waals surface area contributed by atoms with E-state index in [4.69, 9.17) is 11.6 Å². The fourth-order valence-electron chi connectivity index (χ4n) is 2.26. The molecule has 1 aromatic rings. The average molecular weight is 254 g/mol. The first-order chi connectivity index (χ1) is 7.71. The van der Waals surface area contributed by atoms with Gasteiger partial charge in [-0.2, -0.15) is 0 Å². The fourth-order valence-corrected chi connectivity index (χ4v) is 3.92. The second kappa shape index (κ2) is 3.67. The van der Waals surface area contributed by atoms with E-state index in [0.29, 0.717) is 0 Å². The summed E-state index contributed by atoms with van der Waals surface area (Å²) in [6.07, 6.45) is 3.19. The minimum absolute atomic E-state index is 0.132. The molecule has 0 saturated heterocycles. The van der Waals surface area contributed by atoms with Crippen LogP contribution in [0.1, 0.15) is 19.3 Å². The van der Waals surface area contributed by atoms with Gasteiger partial charge in [0.25, 0.3) is 0 Å². The first kappa shape index (κ1) is 10.5. The van der Waals surface area contributed by atoms with Crippen LogP contribution in [-0.2, 0) is 4.79 Å². The first-order valence-corrected chi connectivity index (χ1v) is 6.80. The molecule has 3 rings (SSSR count). The number of hydrogen-bond donors (Lipinski definition) is 1. The molecule has 16 heavy (non-hydrogen) atoms. The van der Waals surface area contributed by atoms with E-state index in [1.807, 2.05) is 18.2 Å². The predicted octanol–water partition coefficient (Wildman–Crippen LogP) is 3.55. The third kappa shape index (κ3) is 1.45. The Morgan fingerprint density at radius 2 is 2.19 bits per heavy atom. The topological polar surface area (TPSA) is 29.1 Å². The number of anilines is 1. The highest BCUT2D eigenvalue weighted by Crippen LogP contribution is 2.50. The van der Waals surface area contributed by atoms with Gasteiger partial charge in [0.15, 0.2) is 0 Å². The van der Waals surface area contributed by atoms with E-state index < -0.39 is 0 Å². The van der Waals surface area contributed by atoms with Gasteiger partial charge in [0.2, 0.25) is 5.91 Å². The normalized spacial score (nSPS) is 21.9. The zero-order chi connectivity index (χ0) is 11.2. The minimum atomic E-state index is -0.132. The number of benzene rings is 1. The van der Waals surface area contributed by atoms with Crippen LogP contribution in [0, 0.1) is 5.41 Å². The van der Waals surface area contributed by atoms with Crippen LogP contribution in [0.25, 0.3) is 0 Å². The van der Waals surface area contributed by atoms with Gasteiger partial charge in [0, 0.05) is 10.6 Å². The smallest absolute Gasteiger partial charge is 0.231 e. The molecular formula is C12H12ClNOS. The molecule has 84 valence electrons. The molecule has 0 radical (unpaired) electrons. The van der Waals surface area contributed by atoms with Gasteiger partial charge in [-0.3, -0.25) is 4.79 Å². The third-order valence-electron chi connectivity index (χ3n) is 3.50. The summed E-state index contributed by atoms with van der Waals surface area (Å²) in [5, 5.41) is 3.75. The second-order valence-corrected chi connectivity index (χ2v) is 5.89. The summed E-state index contributed by atoms with van der Waals surface area (Å²) in [6, 6.07) is 5.67. The summed E-state index contributed by atoms with van der Waals surface area (Å²) < 4.78 is 0. The van der Waals surface area contributed by atoms with Gasteiger partial charge >= 0.3 is 0 Å². The van der Waals surface area contributed by atoms with Crippen LogP contribution in [0.5, 0.6) is 0 Å². The van der Waals surface area contributed by atoms with Gasteiger partial charge in [-0.15, -0.1) is 11.8 Å². The maximum atomic E-state index is 12.1. The Morgan fingerprint density at radius 1 is 1.38 bits per heavy atom. The zero-order valence-electron chi connectivity index (χ0n) is 8.75. The summed E-state index contributed by atoms with van der Waals surface area (Å²) in [5.41, 5.74) is 0.735. The predicted molar refractivity (Wildman–Crippen MR) is 67.1 cm³/mol. The third-order valence-corrected chi connectivity index (χ3v) is 5.35. The van der Waals surface area contributed by atoms with Crippen molar-refractivity contribution < 1.29 is 4.79 Å². The van der Waals surface area contributed by atoms with Crippen molar-refractivity contribution in [1.82, 2.24) is 0 Å². The highest BCUT2D eigenvalue weighted by Gasteiger charge is 2.45. The molecule has 2 aliphatic rings. The van der Waals surface area contributed by atoms with Crippen LogP contribution in [-0.4, -0.2) is 11.7 Å². The van der Waals surface area contributed by atoms with Gasteiger partial charge in [-0.1, -0.05) is 24.1 Å². The molecule has 4 heteroatoms. The SMILES string of the molecule is O=C1Nc2cccc(Cl)c2SCC12CCC2. The first-order valence-electron chi connectivity index (χ1n) is 5.44. The Labute approximate surface area is 104 Å². The van der Waals surface area contributed by atoms with E-state index in [9.17, 15) is 4.79 Å². The Balaban J connectivity index is 2.00.